The predicted molar refractivity (Wildman–Crippen MR) is 97.8 cm³/mol. The van der Waals surface area contributed by atoms with Gasteiger partial charge < -0.3 is 27.9 Å². The van der Waals surface area contributed by atoms with E-state index in [2.05, 4.69) is 28.3 Å². The van der Waals surface area contributed by atoms with Gasteiger partial charge in [-0.1, -0.05) is 18.2 Å². The summed E-state index contributed by atoms with van der Waals surface area (Å²) < 4.78 is 23.6. The number of nitrogens with one attached hydrogen (secondary N) is 1. The molecule has 0 saturated carbocycles. The van der Waals surface area contributed by atoms with Gasteiger partial charge in [-0.15, -0.1) is 0 Å². The number of hydrogen-bond acceptors (Lipinski definition) is 7. The molecule has 0 unspecified atom stereocenters. The van der Waals surface area contributed by atoms with E-state index in [1.165, 1.54) is 11.8 Å². The summed E-state index contributed by atoms with van der Waals surface area (Å²) in [5, 5.41) is 23.4. The summed E-state index contributed by atoms with van der Waals surface area (Å²) in [6.07, 6.45) is 1.58. The number of amidine groups is 1. The van der Waals surface area contributed by atoms with Gasteiger partial charge in [0.2, 0.25) is 5.75 Å². The van der Waals surface area contributed by atoms with Gasteiger partial charge in [0.15, 0.2) is 6.21 Å². The zero-order valence-corrected chi connectivity index (χ0v) is 17.3. The van der Waals surface area contributed by atoms with Crippen LogP contribution in [0.1, 0.15) is 5.56 Å². The molecule has 0 aromatic heterocycles. The molecular formula is C16H17MoN5O4S+2. The van der Waals surface area contributed by atoms with Gasteiger partial charge in [-0.3, -0.25) is 0 Å². The molecule has 0 amide bonds. The first-order chi connectivity index (χ1) is 12.9. The molecule has 0 saturated heterocycles. The van der Waals surface area contributed by atoms with Crippen molar-refractivity contribution in [1.82, 2.24) is 0 Å². The Bertz CT molecular complexity index is 884. The second-order valence-electron chi connectivity index (χ2n) is 4.82. The Labute approximate surface area is 169 Å². The molecule has 0 aliphatic rings. The van der Waals surface area contributed by atoms with Crippen molar-refractivity contribution in [1.29, 1.82) is 5.41 Å². The van der Waals surface area contributed by atoms with Crippen LogP contribution >= 0.6 is 0 Å². The molecule has 0 spiro atoms. The molecule has 140 valence electrons. The number of benzene rings is 2. The number of azo groups is 1. The normalized spacial score (nSPS) is 10.5. The van der Waals surface area contributed by atoms with Crippen LogP contribution in [0, 0.1) is 5.41 Å². The first-order valence-corrected chi connectivity index (χ1v) is 9.33. The summed E-state index contributed by atoms with van der Waals surface area (Å²) in [5.74, 6) is 0.557. The van der Waals surface area contributed by atoms with Crippen molar-refractivity contribution in [2.75, 3.05) is 14.2 Å². The van der Waals surface area contributed by atoms with E-state index in [9.17, 15) is 0 Å². The third kappa shape index (κ3) is 8.01. The second-order valence-corrected chi connectivity index (χ2v) is 5.54. The number of nitrogens with zero attached hydrogens (tertiary/aromatic N) is 4. The second kappa shape index (κ2) is 11.8. The summed E-state index contributed by atoms with van der Waals surface area (Å²) in [4.78, 5) is 0. The molecule has 2 aromatic carbocycles. The van der Waals surface area contributed by atoms with E-state index in [4.69, 9.17) is 22.0 Å². The van der Waals surface area contributed by atoms with Crippen LogP contribution < -0.4 is 4.74 Å². The summed E-state index contributed by atoms with van der Waals surface area (Å²) in [6.45, 7) is 0. The van der Waals surface area contributed by atoms with Crippen LogP contribution in [0.3, 0.4) is 0 Å². The van der Waals surface area contributed by atoms with E-state index in [0.717, 1.165) is 5.69 Å². The Kier molecular flexibility index (Phi) is 9.77. The first kappa shape index (κ1) is 22.3. The van der Waals surface area contributed by atoms with E-state index in [0.29, 0.717) is 17.0 Å². The monoisotopic (exact) mass is 473 g/mol. The van der Waals surface area contributed by atoms with Gasteiger partial charge in [-0.05, 0) is 18.2 Å². The molecule has 0 heterocycles. The number of ether oxygens (including phenoxy) is 1. The van der Waals surface area contributed by atoms with Crippen LogP contribution in [0.4, 0.5) is 11.4 Å². The Balaban J connectivity index is 0.00000114. The molecule has 0 fully saturated rings. The van der Waals surface area contributed by atoms with E-state index in [1.807, 2.05) is 30.3 Å². The SMILES string of the molecule is COc1cc(N=Nc2ccccc2)cc(C=[N+](C)[N-]C(=N)[S-])c1[OH2+].[O]=[Mo+2]=[O]. The number of methoxy groups -OCH3 is 1. The fourth-order valence-corrected chi connectivity index (χ4v) is 2.05. The Morgan fingerprint density at radius 1 is 1.26 bits per heavy atom. The van der Waals surface area contributed by atoms with Crippen molar-refractivity contribution >= 4 is 35.4 Å². The summed E-state index contributed by atoms with van der Waals surface area (Å²) in [5.41, 5.74) is 5.58. The molecular weight excluding hydrogens is 454 g/mol. The average molecular weight is 471 g/mol. The quantitative estimate of drug-likeness (QED) is 0.105. The van der Waals surface area contributed by atoms with Crippen LogP contribution in [-0.4, -0.2) is 35.3 Å². The maximum atomic E-state index is 8.50. The molecule has 0 aliphatic carbocycles. The third-order valence-corrected chi connectivity index (χ3v) is 3.03. The van der Waals surface area contributed by atoms with Crippen LogP contribution in [0.2, 0.25) is 0 Å². The molecule has 0 bridgehead atoms. The van der Waals surface area contributed by atoms with Gasteiger partial charge in [-0.25, -0.2) is 5.43 Å². The zero-order valence-electron chi connectivity index (χ0n) is 14.4. The molecule has 27 heavy (non-hydrogen) atoms. The Hall–Kier alpha value is -2.71. The van der Waals surface area contributed by atoms with E-state index >= 15 is 0 Å². The van der Waals surface area contributed by atoms with E-state index in [1.54, 1.807) is 25.4 Å². The van der Waals surface area contributed by atoms with Crippen LogP contribution in [-0.2, 0) is 37.9 Å². The minimum atomic E-state index is -2.03. The van der Waals surface area contributed by atoms with Gasteiger partial charge >= 0.3 is 31.0 Å². The van der Waals surface area contributed by atoms with Crippen molar-refractivity contribution in [3.8, 4) is 11.5 Å². The molecule has 2 rings (SSSR count). The molecule has 0 radical (unpaired) electrons. The third-order valence-electron chi connectivity index (χ3n) is 2.95. The van der Waals surface area contributed by atoms with Crippen LogP contribution in [0.5, 0.6) is 11.5 Å². The van der Waals surface area contributed by atoms with Crippen molar-refractivity contribution in [3.63, 3.8) is 0 Å². The van der Waals surface area contributed by atoms with Gasteiger partial charge in [0, 0.05) is 6.07 Å². The first-order valence-electron chi connectivity index (χ1n) is 7.28. The molecule has 2 aromatic rings. The fraction of sp³-hybridized carbons (Fsp3) is 0.125. The molecule has 0 atom stereocenters. The minimum absolute atomic E-state index is 0.189. The van der Waals surface area contributed by atoms with Gasteiger partial charge in [0.25, 0.3) is 0 Å². The predicted octanol–water partition coefficient (Wildman–Crippen LogP) is 3.14. The maximum absolute atomic E-state index is 8.50. The van der Waals surface area contributed by atoms with Crippen molar-refractivity contribution in [2.24, 2.45) is 10.2 Å². The van der Waals surface area contributed by atoms with E-state index < -0.39 is 18.5 Å². The van der Waals surface area contributed by atoms with Gasteiger partial charge in [-0.2, -0.15) is 20.1 Å². The van der Waals surface area contributed by atoms with Crippen LogP contribution in [0.15, 0.2) is 52.7 Å². The molecule has 11 heteroatoms. The van der Waals surface area contributed by atoms with Crippen molar-refractivity contribution in [2.45, 2.75) is 0 Å². The summed E-state index contributed by atoms with van der Waals surface area (Å²) in [6, 6.07) is 12.7. The average Bonchev–Trinajstić information content (AvgIpc) is 2.63. The topological polar surface area (TPSA) is 132 Å². The van der Waals surface area contributed by atoms with Gasteiger partial charge in [0.1, 0.15) is 12.6 Å². The Morgan fingerprint density at radius 3 is 2.41 bits per heavy atom. The molecule has 0 aliphatic heterocycles. The standard InChI is InChI=1S/C16H17N5O2S.Mo.2O/c1-21(20-16(17)24)10-11-8-13(9-14(23-2)15(11)22)19-18-12-6-4-3-5-7-12;;;/h3-10,22H,1-2H3,(H2,17,24);;;/q;+2;;. The number of hydrogen-bond donors (Lipinski definition) is 1. The van der Waals surface area contributed by atoms with Crippen molar-refractivity contribution < 1.29 is 39.8 Å². The summed E-state index contributed by atoms with van der Waals surface area (Å²) >= 11 is 2.59. The van der Waals surface area contributed by atoms with Crippen LogP contribution in [0.25, 0.3) is 5.43 Å². The molecule has 3 N–H and O–H groups in total. The Morgan fingerprint density at radius 2 is 1.85 bits per heavy atom. The van der Waals surface area contributed by atoms with Crippen molar-refractivity contribution in [3.05, 3.63) is 53.5 Å². The van der Waals surface area contributed by atoms with Gasteiger partial charge in [0.05, 0.1) is 18.5 Å². The number of rotatable bonds is 5. The van der Waals surface area contributed by atoms with E-state index in [-0.39, 0.29) is 10.9 Å². The molecule has 9 nitrogen and oxygen atoms in total. The fourth-order valence-electron chi connectivity index (χ4n) is 1.93. The summed E-state index contributed by atoms with van der Waals surface area (Å²) in [7, 11) is 3.12. The zero-order chi connectivity index (χ0) is 20.2.